The second-order valence-electron chi connectivity index (χ2n) is 3.32. The second kappa shape index (κ2) is 3.58. The first-order valence-corrected chi connectivity index (χ1v) is 4.57. The Hall–Kier alpha value is -1.49. The molecule has 0 aliphatic heterocycles. The summed E-state index contributed by atoms with van der Waals surface area (Å²) in [5, 5.41) is 0. The minimum absolute atomic E-state index is 0.217. The van der Waals surface area contributed by atoms with E-state index < -0.39 is 6.43 Å². The smallest absolute Gasteiger partial charge is 0.295 e. The number of benzene rings is 1. The first-order valence-electron chi connectivity index (χ1n) is 4.57. The Morgan fingerprint density at radius 3 is 2.80 bits per heavy atom. The maximum absolute atomic E-state index is 12.6. The van der Waals surface area contributed by atoms with Gasteiger partial charge in [0, 0.05) is 13.6 Å². The number of rotatable bonds is 2. The highest BCUT2D eigenvalue weighted by Crippen LogP contribution is 2.24. The molecule has 0 saturated carbocycles. The average molecular weight is 211 g/mol. The lowest BCUT2D eigenvalue weighted by atomic mass is 10.2. The molecule has 0 spiro atoms. The average Bonchev–Trinajstić information content (AvgIpc) is 2.56. The molecule has 2 N–H and O–H groups in total. The third-order valence-electron chi connectivity index (χ3n) is 2.44. The van der Waals surface area contributed by atoms with E-state index in [4.69, 9.17) is 5.73 Å². The highest BCUT2D eigenvalue weighted by atomic mass is 19.3. The number of alkyl halides is 2. The van der Waals surface area contributed by atoms with Crippen LogP contribution in [0.15, 0.2) is 18.2 Å². The predicted octanol–water partition coefficient (Wildman–Crippen LogP) is 1.97. The van der Waals surface area contributed by atoms with Gasteiger partial charge in [0.2, 0.25) is 0 Å². The fourth-order valence-electron chi connectivity index (χ4n) is 1.65. The van der Waals surface area contributed by atoms with Crippen molar-refractivity contribution in [3.8, 4) is 0 Å². The van der Waals surface area contributed by atoms with Gasteiger partial charge in [-0.15, -0.1) is 0 Å². The summed E-state index contributed by atoms with van der Waals surface area (Å²) in [7, 11) is 1.58. The van der Waals surface area contributed by atoms with Gasteiger partial charge in [0.05, 0.1) is 11.0 Å². The number of nitrogens with two attached hydrogens (primary N) is 1. The number of halogens is 2. The number of aromatic nitrogens is 2. The lowest BCUT2D eigenvalue weighted by Crippen LogP contribution is -1.97. The van der Waals surface area contributed by atoms with Crippen LogP contribution >= 0.6 is 0 Å². The molecule has 80 valence electrons. The molecule has 1 aromatic heterocycles. The minimum Gasteiger partial charge on any atom is -0.326 e. The van der Waals surface area contributed by atoms with E-state index in [2.05, 4.69) is 4.98 Å². The van der Waals surface area contributed by atoms with Crippen LogP contribution in [0.25, 0.3) is 11.0 Å². The van der Waals surface area contributed by atoms with E-state index in [1.807, 2.05) is 0 Å². The Bertz CT molecular complexity index is 491. The van der Waals surface area contributed by atoms with Crippen molar-refractivity contribution in [2.24, 2.45) is 12.8 Å². The lowest BCUT2D eigenvalue weighted by Gasteiger charge is -2.00. The first kappa shape index (κ1) is 10.0. The molecule has 15 heavy (non-hydrogen) atoms. The van der Waals surface area contributed by atoms with Gasteiger partial charge in [0.15, 0.2) is 5.82 Å². The molecule has 0 aliphatic rings. The van der Waals surface area contributed by atoms with Crippen molar-refractivity contribution in [3.05, 3.63) is 29.6 Å². The largest absolute Gasteiger partial charge is 0.326 e. The number of para-hydroxylation sites is 1. The van der Waals surface area contributed by atoms with Crippen molar-refractivity contribution < 1.29 is 8.78 Å². The normalized spacial score (nSPS) is 11.5. The maximum Gasteiger partial charge on any atom is 0.295 e. The molecular formula is C10H11F2N3. The molecule has 0 unspecified atom stereocenters. The quantitative estimate of drug-likeness (QED) is 0.825. The van der Waals surface area contributed by atoms with Crippen molar-refractivity contribution >= 4 is 11.0 Å². The molecule has 0 atom stereocenters. The zero-order chi connectivity index (χ0) is 11.0. The van der Waals surface area contributed by atoms with Crippen LogP contribution in [0.3, 0.4) is 0 Å². The number of aryl methyl sites for hydroxylation is 1. The fraction of sp³-hybridized carbons (Fsp3) is 0.300. The van der Waals surface area contributed by atoms with Crippen molar-refractivity contribution in [3.63, 3.8) is 0 Å². The van der Waals surface area contributed by atoms with Gasteiger partial charge >= 0.3 is 0 Å². The van der Waals surface area contributed by atoms with Gasteiger partial charge in [-0.2, -0.15) is 0 Å². The standard InChI is InChI=1S/C10H11F2N3/c1-15-7-4-2-3-6(5-13)8(7)14-10(15)9(11)12/h2-4,9H,5,13H2,1H3. The topological polar surface area (TPSA) is 43.8 Å². The first-order chi connectivity index (χ1) is 7.15. The van der Waals surface area contributed by atoms with Crippen LogP contribution in [0.2, 0.25) is 0 Å². The van der Waals surface area contributed by atoms with Crippen LogP contribution < -0.4 is 5.73 Å². The Morgan fingerprint density at radius 1 is 1.47 bits per heavy atom. The van der Waals surface area contributed by atoms with Crippen molar-refractivity contribution in [1.82, 2.24) is 9.55 Å². The van der Waals surface area contributed by atoms with Crippen molar-refractivity contribution in [2.75, 3.05) is 0 Å². The Balaban J connectivity index is 2.75. The van der Waals surface area contributed by atoms with Crippen LogP contribution in [-0.4, -0.2) is 9.55 Å². The molecule has 0 radical (unpaired) electrons. The molecule has 2 aromatic rings. The number of hydrogen-bond acceptors (Lipinski definition) is 2. The summed E-state index contributed by atoms with van der Waals surface area (Å²) in [6.07, 6.45) is -2.56. The molecule has 2 rings (SSSR count). The monoisotopic (exact) mass is 211 g/mol. The molecule has 0 amide bonds. The van der Waals surface area contributed by atoms with E-state index in [-0.39, 0.29) is 5.82 Å². The minimum atomic E-state index is -2.56. The summed E-state index contributed by atoms with van der Waals surface area (Å²) < 4.78 is 26.6. The van der Waals surface area contributed by atoms with Gasteiger partial charge in [-0.3, -0.25) is 0 Å². The van der Waals surface area contributed by atoms with Crippen LogP contribution in [-0.2, 0) is 13.6 Å². The van der Waals surface area contributed by atoms with E-state index in [0.29, 0.717) is 17.6 Å². The third kappa shape index (κ3) is 1.48. The third-order valence-corrected chi connectivity index (χ3v) is 2.44. The molecule has 3 nitrogen and oxygen atoms in total. The second-order valence-corrected chi connectivity index (χ2v) is 3.32. The molecule has 0 bridgehead atoms. The Morgan fingerprint density at radius 2 is 2.20 bits per heavy atom. The maximum atomic E-state index is 12.6. The molecule has 1 heterocycles. The molecular weight excluding hydrogens is 200 g/mol. The van der Waals surface area contributed by atoms with Crippen LogP contribution in [0, 0.1) is 0 Å². The zero-order valence-corrected chi connectivity index (χ0v) is 8.24. The Kier molecular flexibility index (Phi) is 2.40. The lowest BCUT2D eigenvalue weighted by molar-refractivity contribution is 0.137. The summed E-state index contributed by atoms with van der Waals surface area (Å²) in [6, 6.07) is 5.35. The van der Waals surface area contributed by atoms with Crippen LogP contribution in [0.1, 0.15) is 17.8 Å². The van der Waals surface area contributed by atoms with Gasteiger partial charge in [0.25, 0.3) is 6.43 Å². The molecule has 0 fully saturated rings. The van der Waals surface area contributed by atoms with Crippen LogP contribution in [0.4, 0.5) is 8.78 Å². The van der Waals surface area contributed by atoms with E-state index in [1.54, 1.807) is 25.2 Å². The molecule has 0 saturated heterocycles. The van der Waals surface area contributed by atoms with Gasteiger partial charge in [0.1, 0.15) is 0 Å². The van der Waals surface area contributed by atoms with Gasteiger partial charge in [-0.1, -0.05) is 12.1 Å². The SMILES string of the molecule is Cn1c(C(F)F)nc2c(CN)cccc21. The highest BCUT2D eigenvalue weighted by Gasteiger charge is 2.17. The van der Waals surface area contributed by atoms with E-state index in [0.717, 1.165) is 5.56 Å². The number of fused-ring (bicyclic) bond motifs is 1. The number of hydrogen-bond donors (Lipinski definition) is 1. The van der Waals surface area contributed by atoms with Crippen molar-refractivity contribution in [1.29, 1.82) is 0 Å². The highest BCUT2D eigenvalue weighted by molar-refractivity contribution is 5.79. The summed E-state index contributed by atoms with van der Waals surface area (Å²) >= 11 is 0. The molecule has 0 aliphatic carbocycles. The van der Waals surface area contributed by atoms with Gasteiger partial charge < -0.3 is 10.3 Å². The van der Waals surface area contributed by atoms with Crippen LogP contribution in [0.5, 0.6) is 0 Å². The van der Waals surface area contributed by atoms with Crippen molar-refractivity contribution in [2.45, 2.75) is 13.0 Å². The summed E-state index contributed by atoms with van der Waals surface area (Å²) in [4.78, 5) is 3.92. The predicted molar refractivity (Wildman–Crippen MR) is 53.6 cm³/mol. The zero-order valence-electron chi connectivity index (χ0n) is 8.24. The van der Waals surface area contributed by atoms with E-state index in [9.17, 15) is 8.78 Å². The number of nitrogens with zero attached hydrogens (tertiary/aromatic N) is 2. The Labute approximate surface area is 85.5 Å². The van der Waals surface area contributed by atoms with E-state index in [1.165, 1.54) is 4.57 Å². The molecule has 1 aromatic carbocycles. The van der Waals surface area contributed by atoms with E-state index >= 15 is 0 Å². The summed E-state index contributed by atoms with van der Waals surface area (Å²) in [5.74, 6) is -0.217. The molecule has 5 heteroatoms. The number of imidazole rings is 1. The summed E-state index contributed by atoms with van der Waals surface area (Å²) in [5.41, 5.74) is 7.56. The van der Waals surface area contributed by atoms with Gasteiger partial charge in [-0.05, 0) is 11.6 Å². The summed E-state index contributed by atoms with van der Waals surface area (Å²) in [6.45, 7) is 0.303. The van der Waals surface area contributed by atoms with Gasteiger partial charge in [-0.25, -0.2) is 13.8 Å². The fourth-order valence-corrected chi connectivity index (χ4v) is 1.65.